The lowest BCUT2D eigenvalue weighted by atomic mass is 9.91. The van der Waals surface area contributed by atoms with Crippen LogP contribution in [0.3, 0.4) is 0 Å². The van der Waals surface area contributed by atoms with Crippen LogP contribution in [0.4, 0.5) is 20.4 Å². The van der Waals surface area contributed by atoms with Gasteiger partial charge in [0.05, 0.1) is 30.4 Å². The molecule has 0 atom stereocenters. The van der Waals surface area contributed by atoms with E-state index in [1.165, 1.54) is 38.9 Å². The molecule has 2 radical (unpaired) electrons. The summed E-state index contributed by atoms with van der Waals surface area (Å²) < 4.78 is 34.0. The van der Waals surface area contributed by atoms with E-state index in [1.54, 1.807) is 15.8 Å². The Morgan fingerprint density at radius 1 is 0.921 bits per heavy atom. The summed E-state index contributed by atoms with van der Waals surface area (Å²) in [5, 5.41) is 8.68. The quantitative estimate of drug-likeness (QED) is 0.376. The van der Waals surface area contributed by atoms with Crippen molar-refractivity contribution in [3.8, 4) is 17.1 Å². The Morgan fingerprint density at radius 3 is 2.32 bits per heavy atom. The van der Waals surface area contributed by atoms with Gasteiger partial charge in [0.2, 0.25) is 5.95 Å². The predicted molar refractivity (Wildman–Crippen MR) is 139 cm³/mol. The van der Waals surface area contributed by atoms with E-state index in [4.69, 9.17) is 12.6 Å². The van der Waals surface area contributed by atoms with Crippen molar-refractivity contribution < 1.29 is 18.3 Å². The van der Waals surface area contributed by atoms with Gasteiger partial charge in [0.1, 0.15) is 13.5 Å². The highest BCUT2D eigenvalue weighted by Gasteiger charge is 2.44. The van der Waals surface area contributed by atoms with Crippen molar-refractivity contribution >= 4 is 30.9 Å². The van der Waals surface area contributed by atoms with Gasteiger partial charge in [0.15, 0.2) is 5.69 Å². The average molecular weight is 519 g/mol. The fourth-order valence-electron chi connectivity index (χ4n) is 5.34. The second-order valence-corrected chi connectivity index (χ2v) is 10.6. The van der Waals surface area contributed by atoms with Gasteiger partial charge in [0, 0.05) is 39.0 Å². The Labute approximate surface area is 220 Å². The highest BCUT2D eigenvalue weighted by atomic mass is 19.3. The molecule has 1 saturated carbocycles. The first kappa shape index (κ1) is 24.8. The van der Waals surface area contributed by atoms with Gasteiger partial charge in [-0.05, 0) is 49.3 Å². The third kappa shape index (κ3) is 4.83. The molecule has 1 spiro atoms. The van der Waals surface area contributed by atoms with Gasteiger partial charge in [-0.15, -0.1) is 5.10 Å². The molecule has 0 N–H and O–H groups in total. The van der Waals surface area contributed by atoms with Crippen molar-refractivity contribution in [3.05, 3.63) is 36.2 Å². The predicted octanol–water partition coefficient (Wildman–Crippen LogP) is 2.92. The topological polar surface area (TPSA) is 89.3 Å². The molecule has 2 aromatic heterocycles. The molecule has 6 rings (SSSR count). The zero-order valence-corrected chi connectivity index (χ0v) is 21.2. The smallest absolute Gasteiger partial charge is 0.356 e. The first-order valence-electron chi connectivity index (χ1n) is 12.9. The highest BCUT2D eigenvalue weighted by Crippen LogP contribution is 2.54. The molecule has 3 aromatic rings. The van der Waals surface area contributed by atoms with Crippen LogP contribution >= 0.6 is 0 Å². The summed E-state index contributed by atoms with van der Waals surface area (Å²) in [6, 6.07) is 7.19. The third-order valence-corrected chi connectivity index (χ3v) is 8.01. The Balaban J connectivity index is 1.32. The molecule has 12 heteroatoms. The number of ether oxygens (including phenoxy) is 1. The summed E-state index contributed by atoms with van der Waals surface area (Å²) in [6.45, 7) is 2.08. The molecule has 2 saturated heterocycles. The van der Waals surface area contributed by atoms with E-state index in [-0.39, 0.29) is 37.6 Å². The van der Waals surface area contributed by atoms with E-state index in [0.717, 1.165) is 24.5 Å². The number of hydrogen-bond donors (Lipinski definition) is 0. The lowest BCUT2D eigenvalue weighted by molar-refractivity contribution is -0.0222. The van der Waals surface area contributed by atoms with Crippen molar-refractivity contribution in [2.75, 3.05) is 43.1 Å². The van der Waals surface area contributed by atoms with Gasteiger partial charge in [-0.3, -0.25) is 0 Å². The van der Waals surface area contributed by atoms with Crippen LogP contribution in [0.2, 0.25) is 0 Å². The van der Waals surface area contributed by atoms with E-state index in [0.29, 0.717) is 22.3 Å². The van der Waals surface area contributed by atoms with E-state index >= 15 is 0 Å². The summed E-state index contributed by atoms with van der Waals surface area (Å²) in [5.41, 5.74) is 3.84. The van der Waals surface area contributed by atoms with Gasteiger partial charge in [0.25, 0.3) is 5.92 Å². The number of benzene rings is 1. The number of halogens is 2. The second kappa shape index (κ2) is 9.32. The van der Waals surface area contributed by atoms with Crippen molar-refractivity contribution in [2.24, 2.45) is 5.41 Å². The number of esters is 1. The van der Waals surface area contributed by atoms with Crippen LogP contribution in [0.25, 0.3) is 17.1 Å². The van der Waals surface area contributed by atoms with E-state index in [1.807, 2.05) is 18.2 Å². The first-order chi connectivity index (χ1) is 18.2. The maximum Gasteiger partial charge on any atom is 0.356 e. The van der Waals surface area contributed by atoms with Gasteiger partial charge in [-0.1, -0.05) is 16.7 Å². The maximum absolute atomic E-state index is 13.7. The van der Waals surface area contributed by atoms with Crippen molar-refractivity contribution in [1.29, 1.82) is 0 Å². The fraction of sp³-hybridized carbons (Fsp3) is 0.500. The van der Waals surface area contributed by atoms with Crippen LogP contribution in [-0.2, 0) is 4.74 Å². The molecule has 3 aliphatic rings. The number of nitrogens with zero attached hydrogens (tertiary/aromatic N) is 7. The molecule has 0 bridgehead atoms. The minimum Gasteiger partial charge on any atom is -0.464 e. The number of carbonyl (C=O) groups is 1. The highest BCUT2D eigenvalue weighted by molar-refractivity contribution is 6.32. The number of piperidine rings is 2. The van der Waals surface area contributed by atoms with E-state index in [9.17, 15) is 13.6 Å². The number of rotatable bonds is 5. The Bertz CT molecular complexity index is 1360. The Hall–Kier alpha value is -3.57. The number of carbonyl (C=O) groups excluding carboxylic acids is 1. The summed E-state index contributed by atoms with van der Waals surface area (Å²) in [4.78, 5) is 25.2. The molecule has 196 valence electrons. The number of hydrogen-bond acceptors (Lipinski definition) is 8. The lowest BCUT2D eigenvalue weighted by Crippen LogP contribution is -2.40. The van der Waals surface area contributed by atoms with Gasteiger partial charge in [-0.2, -0.15) is 0 Å². The number of alkyl halides is 2. The van der Waals surface area contributed by atoms with Crippen LogP contribution in [-0.4, -0.2) is 78.0 Å². The normalized spacial score (nSPS) is 20.0. The van der Waals surface area contributed by atoms with Crippen molar-refractivity contribution in [2.45, 2.75) is 44.4 Å². The monoisotopic (exact) mass is 519 g/mol. The number of methoxy groups -OCH3 is 1. The molecule has 38 heavy (non-hydrogen) atoms. The molecule has 0 amide bonds. The standard InChI is InChI=1S/C26H28BF2N7O2/c1-38-23(37)19-15-18(30-24(31-19)35-12-8-26(28,29)9-13-35)20-16-36(33-32-20)21-3-2-17(27)14-22(21)34-10-6-25(4-5-25)7-11-34/h2-3,14-16H,4-13H2,1H3. The molecule has 9 nitrogen and oxygen atoms in total. The maximum atomic E-state index is 13.7. The molecule has 1 aliphatic carbocycles. The number of aromatic nitrogens is 5. The molecular weight excluding hydrogens is 491 g/mol. The first-order valence-corrected chi connectivity index (χ1v) is 12.9. The van der Waals surface area contributed by atoms with Crippen LogP contribution in [0.15, 0.2) is 30.5 Å². The Kier molecular flexibility index (Phi) is 6.07. The SMILES string of the molecule is [B]c1ccc(-n2cc(-c3cc(C(=O)OC)nc(N4CCC(F)(F)CC4)n3)nn2)c(N2CCC3(CC2)CC3)c1. The van der Waals surface area contributed by atoms with Gasteiger partial charge < -0.3 is 14.5 Å². The Morgan fingerprint density at radius 2 is 1.63 bits per heavy atom. The van der Waals surface area contributed by atoms with Crippen molar-refractivity contribution in [1.82, 2.24) is 25.0 Å². The average Bonchev–Trinajstić information content (AvgIpc) is 3.48. The second-order valence-electron chi connectivity index (χ2n) is 10.6. The van der Waals surface area contributed by atoms with Crippen LogP contribution in [0, 0.1) is 5.41 Å². The summed E-state index contributed by atoms with van der Waals surface area (Å²) in [7, 11) is 7.41. The van der Waals surface area contributed by atoms with Crippen molar-refractivity contribution in [3.63, 3.8) is 0 Å². The van der Waals surface area contributed by atoms with E-state index < -0.39 is 11.9 Å². The van der Waals surface area contributed by atoms with Crippen LogP contribution in [0.1, 0.15) is 49.0 Å². The molecule has 4 heterocycles. The van der Waals surface area contributed by atoms with Crippen LogP contribution in [0.5, 0.6) is 0 Å². The molecule has 3 fully saturated rings. The zero-order valence-electron chi connectivity index (χ0n) is 21.2. The zero-order chi connectivity index (χ0) is 26.5. The van der Waals surface area contributed by atoms with Gasteiger partial charge in [-0.25, -0.2) is 28.2 Å². The summed E-state index contributed by atoms with van der Waals surface area (Å²) in [6.07, 6.45) is 6.12. The molecular formula is C26H28BF2N7O2. The molecule has 1 aromatic carbocycles. The fourth-order valence-corrected chi connectivity index (χ4v) is 5.34. The van der Waals surface area contributed by atoms with Gasteiger partial charge >= 0.3 is 5.97 Å². The van der Waals surface area contributed by atoms with E-state index in [2.05, 4.69) is 25.2 Å². The largest absolute Gasteiger partial charge is 0.464 e. The minimum atomic E-state index is -2.72. The number of anilines is 2. The lowest BCUT2D eigenvalue weighted by Gasteiger charge is -2.35. The molecule has 2 aliphatic heterocycles. The summed E-state index contributed by atoms with van der Waals surface area (Å²) in [5.74, 6) is -3.18. The van der Waals surface area contributed by atoms with Crippen LogP contribution < -0.4 is 15.3 Å². The molecule has 0 unspecified atom stereocenters. The third-order valence-electron chi connectivity index (χ3n) is 8.01. The minimum absolute atomic E-state index is 0.0230. The summed E-state index contributed by atoms with van der Waals surface area (Å²) >= 11 is 0.